The highest BCUT2D eigenvalue weighted by molar-refractivity contribution is 6.31. The monoisotopic (exact) mass is 376 g/mol. The van der Waals surface area contributed by atoms with Crippen molar-refractivity contribution in [1.82, 2.24) is 4.98 Å². The number of carbonyl (C=O) groups is 1. The number of aryl methyl sites for hydroxylation is 1. The van der Waals surface area contributed by atoms with Crippen LogP contribution in [0.25, 0.3) is 11.3 Å². The molecular weight excluding hydrogens is 365 g/mol. The molecule has 0 saturated carbocycles. The van der Waals surface area contributed by atoms with Crippen molar-refractivity contribution < 1.29 is 18.0 Å². The van der Waals surface area contributed by atoms with Crippen molar-refractivity contribution in [2.24, 2.45) is 0 Å². The number of rotatable bonds is 3. The van der Waals surface area contributed by atoms with E-state index in [1.165, 1.54) is 24.3 Å². The predicted octanol–water partition coefficient (Wildman–Crippen LogP) is 5.38. The van der Waals surface area contributed by atoms with Crippen LogP contribution in [0.5, 0.6) is 0 Å². The number of amides is 1. The molecular formula is C19H12ClF3N2O. The molecule has 0 bridgehead atoms. The molecule has 0 fully saturated rings. The smallest absolute Gasteiger partial charge is 0.274 e. The van der Waals surface area contributed by atoms with Crippen LogP contribution in [0.3, 0.4) is 0 Å². The number of aromatic nitrogens is 1. The highest BCUT2D eigenvalue weighted by atomic mass is 35.5. The Bertz CT molecular complexity index is 1010. The van der Waals surface area contributed by atoms with Gasteiger partial charge < -0.3 is 5.32 Å². The van der Waals surface area contributed by atoms with E-state index in [1.54, 1.807) is 13.0 Å². The largest absolute Gasteiger partial charge is 0.318 e. The first-order chi connectivity index (χ1) is 12.4. The molecule has 0 spiro atoms. The molecule has 1 heterocycles. The van der Waals surface area contributed by atoms with Gasteiger partial charge >= 0.3 is 0 Å². The van der Waals surface area contributed by atoms with Crippen molar-refractivity contribution in [3.63, 3.8) is 0 Å². The van der Waals surface area contributed by atoms with E-state index in [1.807, 2.05) is 0 Å². The maximum atomic E-state index is 14.0. The fourth-order valence-electron chi connectivity index (χ4n) is 2.39. The summed E-state index contributed by atoms with van der Waals surface area (Å²) in [5, 5.41) is 2.23. The van der Waals surface area contributed by atoms with Crippen LogP contribution in [0.4, 0.5) is 18.9 Å². The second kappa shape index (κ2) is 7.17. The van der Waals surface area contributed by atoms with Crippen molar-refractivity contribution in [3.05, 3.63) is 82.3 Å². The van der Waals surface area contributed by atoms with Crippen LogP contribution in [-0.2, 0) is 0 Å². The van der Waals surface area contributed by atoms with E-state index < -0.39 is 23.4 Å². The standard InChI is InChI=1S/C19H12ClF3N2O/c1-10-5-8-16(19(26)25-15-4-2-3-13(20)17(15)23)24-18(10)12-9-11(21)6-7-14(12)22/h2-9H,1H3,(H,25,26). The minimum absolute atomic E-state index is 0.0638. The van der Waals surface area contributed by atoms with E-state index in [0.717, 1.165) is 18.2 Å². The van der Waals surface area contributed by atoms with Crippen LogP contribution < -0.4 is 5.32 Å². The molecule has 26 heavy (non-hydrogen) atoms. The van der Waals surface area contributed by atoms with Gasteiger partial charge in [-0.05, 0) is 48.9 Å². The second-order valence-electron chi connectivity index (χ2n) is 5.54. The van der Waals surface area contributed by atoms with Crippen LogP contribution in [0.1, 0.15) is 16.1 Å². The summed E-state index contributed by atoms with van der Waals surface area (Å²) < 4.78 is 41.4. The van der Waals surface area contributed by atoms with Crippen molar-refractivity contribution >= 4 is 23.2 Å². The molecule has 0 aliphatic carbocycles. The lowest BCUT2D eigenvalue weighted by molar-refractivity contribution is 0.102. The Morgan fingerprint density at radius 1 is 1.08 bits per heavy atom. The Morgan fingerprint density at radius 2 is 1.85 bits per heavy atom. The Morgan fingerprint density at radius 3 is 2.62 bits per heavy atom. The molecule has 132 valence electrons. The summed E-state index contributed by atoms with van der Waals surface area (Å²) in [6.07, 6.45) is 0. The minimum Gasteiger partial charge on any atom is -0.318 e. The third kappa shape index (κ3) is 3.55. The molecule has 0 saturated heterocycles. The number of hydrogen-bond donors (Lipinski definition) is 1. The summed E-state index contributed by atoms with van der Waals surface area (Å²) in [5.74, 6) is -2.77. The van der Waals surface area contributed by atoms with Crippen LogP contribution in [0.15, 0.2) is 48.5 Å². The predicted molar refractivity (Wildman–Crippen MR) is 93.7 cm³/mol. The van der Waals surface area contributed by atoms with Gasteiger partial charge in [0.15, 0.2) is 5.82 Å². The maximum absolute atomic E-state index is 14.0. The van der Waals surface area contributed by atoms with Crippen molar-refractivity contribution in [2.75, 3.05) is 5.32 Å². The van der Waals surface area contributed by atoms with E-state index in [2.05, 4.69) is 10.3 Å². The number of anilines is 1. The molecule has 7 heteroatoms. The number of pyridine rings is 1. The van der Waals surface area contributed by atoms with Gasteiger partial charge in [-0.3, -0.25) is 4.79 Å². The van der Waals surface area contributed by atoms with Gasteiger partial charge in [0, 0.05) is 5.56 Å². The van der Waals surface area contributed by atoms with Crippen LogP contribution in [0, 0.1) is 24.4 Å². The Balaban J connectivity index is 1.98. The van der Waals surface area contributed by atoms with E-state index in [0.29, 0.717) is 5.56 Å². The molecule has 1 N–H and O–H groups in total. The zero-order valence-corrected chi connectivity index (χ0v) is 14.2. The lowest BCUT2D eigenvalue weighted by Gasteiger charge is -2.10. The highest BCUT2D eigenvalue weighted by Crippen LogP contribution is 2.26. The summed E-state index contributed by atoms with van der Waals surface area (Å²) in [5.41, 5.74) is 0.435. The number of nitrogens with zero attached hydrogens (tertiary/aromatic N) is 1. The molecule has 3 nitrogen and oxygen atoms in total. The minimum atomic E-state index is -0.772. The van der Waals surface area contributed by atoms with Gasteiger partial charge in [0.1, 0.15) is 17.3 Å². The average Bonchev–Trinajstić information content (AvgIpc) is 2.61. The van der Waals surface area contributed by atoms with Gasteiger partial charge in [-0.25, -0.2) is 18.2 Å². The number of carbonyl (C=O) groups excluding carboxylic acids is 1. The lowest BCUT2D eigenvalue weighted by Crippen LogP contribution is -2.15. The first-order valence-corrected chi connectivity index (χ1v) is 7.93. The fourth-order valence-corrected chi connectivity index (χ4v) is 2.57. The molecule has 3 aromatic rings. The lowest BCUT2D eigenvalue weighted by atomic mass is 10.1. The van der Waals surface area contributed by atoms with Gasteiger partial charge in [0.2, 0.25) is 0 Å². The van der Waals surface area contributed by atoms with Gasteiger partial charge in [-0.15, -0.1) is 0 Å². The highest BCUT2D eigenvalue weighted by Gasteiger charge is 2.16. The van der Waals surface area contributed by atoms with Crippen LogP contribution in [0.2, 0.25) is 5.02 Å². The van der Waals surface area contributed by atoms with E-state index in [4.69, 9.17) is 11.6 Å². The molecule has 0 unspecified atom stereocenters. The molecule has 0 atom stereocenters. The zero-order chi connectivity index (χ0) is 18.8. The van der Waals surface area contributed by atoms with Crippen LogP contribution in [-0.4, -0.2) is 10.9 Å². The average molecular weight is 377 g/mol. The van der Waals surface area contributed by atoms with E-state index >= 15 is 0 Å². The van der Waals surface area contributed by atoms with Crippen molar-refractivity contribution in [2.45, 2.75) is 6.92 Å². The van der Waals surface area contributed by atoms with E-state index in [-0.39, 0.29) is 27.7 Å². The third-order valence-corrected chi connectivity index (χ3v) is 4.00. The maximum Gasteiger partial charge on any atom is 0.274 e. The normalized spacial score (nSPS) is 10.7. The molecule has 0 radical (unpaired) electrons. The molecule has 0 aliphatic rings. The van der Waals surface area contributed by atoms with Crippen molar-refractivity contribution in [3.8, 4) is 11.3 Å². The molecule has 2 aromatic carbocycles. The third-order valence-electron chi connectivity index (χ3n) is 3.71. The Labute approximate surface area is 152 Å². The zero-order valence-electron chi connectivity index (χ0n) is 13.5. The molecule has 1 aromatic heterocycles. The van der Waals surface area contributed by atoms with E-state index in [9.17, 15) is 18.0 Å². The quantitative estimate of drug-likeness (QED) is 0.666. The number of benzene rings is 2. The Hall–Kier alpha value is -2.86. The Kier molecular flexibility index (Phi) is 4.95. The second-order valence-corrected chi connectivity index (χ2v) is 5.95. The topological polar surface area (TPSA) is 42.0 Å². The van der Waals surface area contributed by atoms with Gasteiger partial charge in [-0.2, -0.15) is 0 Å². The number of halogens is 4. The molecule has 1 amide bonds. The summed E-state index contributed by atoms with van der Waals surface area (Å²) in [6.45, 7) is 1.66. The summed E-state index contributed by atoms with van der Waals surface area (Å²) >= 11 is 5.68. The molecule has 3 rings (SSSR count). The van der Waals surface area contributed by atoms with Gasteiger partial charge in [-0.1, -0.05) is 23.7 Å². The van der Waals surface area contributed by atoms with Crippen LogP contribution >= 0.6 is 11.6 Å². The summed E-state index contributed by atoms with van der Waals surface area (Å²) in [6, 6.07) is 10.1. The van der Waals surface area contributed by atoms with Crippen molar-refractivity contribution in [1.29, 1.82) is 0 Å². The fraction of sp³-hybridized carbons (Fsp3) is 0.0526. The molecule has 0 aliphatic heterocycles. The van der Waals surface area contributed by atoms with Gasteiger partial charge in [0.05, 0.1) is 16.4 Å². The number of nitrogens with one attached hydrogen (secondary N) is 1. The first kappa shape index (κ1) is 17.9. The summed E-state index contributed by atoms with van der Waals surface area (Å²) in [7, 11) is 0. The number of hydrogen-bond acceptors (Lipinski definition) is 2. The SMILES string of the molecule is Cc1ccc(C(=O)Nc2cccc(Cl)c2F)nc1-c1cc(F)ccc1F. The first-order valence-electron chi connectivity index (χ1n) is 7.55. The van der Waals surface area contributed by atoms with Gasteiger partial charge in [0.25, 0.3) is 5.91 Å². The summed E-state index contributed by atoms with van der Waals surface area (Å²) in [4.78, 5) is 16.5.